The standard InChI is InChI=1S/C20H22N2O3/c1-25-18-11-5-7-15(13-18)20(24)22-12-6-8-16(14-22)19(23)21-17-9-3-2-4-10-17/h2-5,7,9-11,13,16H,6,8,12,14H2,1H3,(H,21,23). The highest BCUT2D eigenvalue weighted by atomic mass is 16.5. The number of likely N-dealkylation sites (tertiary alicyclic amines) is 1. The minimum atomic E-state index is -0.191. The van der Waals surface area contributed by atoms with E-state index in [9.17, 15) is 9.59 Å². The maximum Gasteiger partial charge on any atom is 0.254 e. The van der Waals surface area contributed by atoms with E-state index in [1.54, 1.807) is 30.2 Å². The van der Waals surface area contributed by atoms with Gasteiger partial charge in [-0.15, -0.1) is 0 Å². The molecule has 1 heterocycles. The second kappa shape index (κ2) is 7.83. The molecule has 0 radical (unpaired) electrons. The smallest absolute Gasteiger partial charge is 0.254 e. The molecule has 1 unspecified atom stereocenters. The van der Waals surface area contributed by atoms with Crippen molar-refractivity contribution in [3.8, 4) is 5.75 Å². The van der Waals surface area contributed by atoms with Crippen LogP contribution in [0.25, 0.3) is 0 Å². The molecule has 0 spiro atoms. The first-order valence-corrected chi connectivity index (χ1v) is 8.46. The number of nitrogens with one attached hydrogen (secondary N) is 1. The summed E-state index contributed by atoms with van der Waals surface area (Å²) in [6.07, 6.45) is 1.61. The van der Waals surface area contributed by atoms with Crippen LogP contribution in [0.4, 0.5) is 5.69 Å². The Balaban J connectivity index is 1.66. The average Bonchev–Trinajstić information content (AvgIpc) is 2.68. The fourth-order valence-corrected chi connectivity index (χ4v) is 3.08. The van der Waals surface area contributed by atoms with Crippen LogP contribution in [0, 0.1) is 5.92 Å². The molecule has 0 saturated carbocycles. The lowest BCUT2D eigenvalue weighted by atomic mass is 9.96. The Labute approximate surface area is 147 Å². The molecule has 3 rings (SSSR count). The highest BCUT2D eigenvalue weighted by Gasteiger charge is 2.29. The SMILES string of the molecule is COc1cccc(C(=O)N2CCCC(C(=O)Nc3ccccc3)C2)c1. The van der Waals surface area contributed by atoms with Crippen molar-refractivity contribution >= 4 is 17.5 Å². The van der Waals surface area contributed by atoms with Crippen molar-refractivity contribution in [2.24, 2.45) is 5.92 Å². The quantitative estimate of drug-likeness (QED) is 0.931. The summed E-state index contributed by atoms with van der Waals surface area (Å²) in [4.78, 5) is 27.0. The summed E-state index contributed by atoms with van der Waals surface area (Å²) in [5.74, 6) is 0.371. The van der Waals surface area contributed by atoms with Gasteiger partial charge in [-0.05, 0) is 43.2 Å². The molecule has 2 aromatic rings. The molecular weight excluding hydrogens is 316 g/mol. The molecule has 0 bridgehead atoms. The van der Waals surface area contributed by atoms with Crippen LogP contribution in [-0.4, -0.2) is 36.9 Å². The Hall–Kier alpha value is -2.82. The molecule has 1 saturated heterocycles. The predicted octanol–water partition coefficient (Wildman–Crippen LogP) is 3.19. The van der Waals surface area contributed by atoms with Crippen molar-refractivity contribution < 1.29 is 14.3 Å². The first-order valence-electron chi connectivity index (χ1n) is 8.46. The first kappa shape index (κ1) is 17.0. The number of carbonyl (C=O) groups excluding carboxylic acids is 2. The Morgan fingerprint density at radius 3 is 2.68 bits per heavy atom. The number of amides is 2. The van der Waals surface area contributed by atoms with E-state index >= 15 is 0 Å². The van der Waals surface area contributed by atoms with Crippen molar-refractivity contribution in [2.75, 3.05) is 25.5 Å². The van der Waals surface area contributed by atoms with Gasteiger partial charge in [0, 0.05) is 24.3 Å². The van der Waals surface area contributed by atoms with Crippen molar-refractivity contribution in [1.82, 2.24) is 4.90 Å². The number of piperidine rings is 1. The molecule has 2 amide bonds. The molecule has 130 valence electrons. The fourth-order valence-electron chi connectivity index (χ4n) is 3.08. The molecule has 25 heavy (non-hydrogen) atoms. The number of ether oxygens (including phenoxy) is 1. The van der Waals surface area contributed by atoms with Gasteiger partial charge in [-0.1, -0.05) is 24.3 Å². The lowest BCUT2D eigenvalue weighted by Gasteiger charge is -2.32. The molecule has 1 N–H and O–H groups in total. The normalized spacial score (nSPS) is 17.0. The van der Waals surface area contributed by atoms with Gasteiger partial charge in [0.05, 0.1) is 13.0 Å². The molecule has 0 aliphatic carbocycles. The number of benzene rings is 2. The van der Waals surface area contributed by atoms with Crippen molar-refractivity contribution in [3.05, 3.63) is 60.2 Å². The molecule has 5 heteroatoms. The molecule has 0 aromatic heterocycles. The summed E-state index contributed by atoms with van der Waals surface area (Å²) in [5.41, 5.74) is 1.37. The van der Waals surface area contributed by atoms with Gasteiger partial charge in [0.1, 0.15) is 5.75 Å². The molecule has 1 fully saturated rings. The Kier molecular flexibility index (Phi) is 5.33. The van der Waals surface area contributed by atoms with E-state index in [4.69, 9.17) is 4.74 Å². The van der Waals surface area contributed by atoms with Gasteiger partial charge in [-0.2, -0.15) is 0 Å². The van der Waals surface area contributed by atoms with Crippen molar-refractivity contribution in [1.29, 1.82) is 0 Å². The number of nitrogens with zero attached hydrogens (tertiary/aromatic N) is 1. The van der Waals surface area contributed by atoms with Crippen LogP contribution in [0.5, 0.6) is 5.75 Å². The monoisotopic (exact) mass is 338 g/mol. The zero-order valence-electron chi connectivity index (χ0n) is 14.3. The molecule has 5 nitrogen and oxygen atoms in total. The van der Waals surface area contributed by atoms with Crippen molar-refractivity contribution in [2.45, 2.75) is 12.8 Å². The predicted molar refractivity (Wildman–Crippen MR) is 96.7 cm³/mol. The third-order valence-corrected chi connectivity index (χ3v) is 4.44. The first-order chi connectivity index (χ1) is 12.2. The van der Waals surface area contributed by atoms with E-state index in [2.05, 4.69) is 5.32 Å². The summed E-state index contributed by atoms with van der Waals surface area (Å²) in [5, 5.41) is 2.93. The van der Waals surface area contributed by atoms with Gasteiger partial charge in [0.2, 0.25) is 5.91 Å². The van der Waals surface area contributed by atoms with E-state index in [-0.39, 0.29) is 17.7 Å². The topological polar surface area (TPSA) is 58.6 Å². The van der Waals surface area contributed by atoms with Crippen LogP contribution >= 0.6 is 0 Å². The largest absolute Gasteiger partial charge is 0.497 e. The van der Waals surface area contributed by atoms with E-state index in [1.807, 2.05) is 36.4 Å². The average molecular weight is 338 g/mol. The maximum absolute atomic E-state index is 12.7. The van der Waals surface area contributed by atoms with Crippen LogP contribution in [0.2, 0.25) is 0 Å². The summed E-state index contributed by atoms with van der Waals surface area (Å²) in [6, 6.07) is 16.5. The van der Waals surface area contributed by atoms with E-state index in [0.29, 0.717) is 24.4 Å². The van der Waals surface area contributed by atoms with Crippen molar-refractivity contribution in [3.63, 3.8) is 0 Å². The summed E-state index contributed by atoms with van der Waals surface area (Å²) in [6.45, 7) is 1.11. The van der Waals surface area contributed by atoms with Gasteiger partial charge in [0.25, 0.3) is 5.91 Å². The Morgan fingerprint density at radius 2 is 1.92 bits per heavy atom. The van der Waals surface area contributed by atoms with Gasteiger partial charge in [-0.3, -0.25) is 9.59 Å². The number of hydrogen-bond acceptors (Lipinski definition) is 3. The van der Waals surface area contributed by atoms with Crippen LogP contribution in [0.1, 0.15) is 23.2 Å². The molecular formula is C20H22N2O3. The molecule has 2 aromatic carbocycles. The zero-order chi connectivity index (χ0) is 17.6. The minimum absolute atomic E-state index is 0.0330. The highest BCUT2D eigenvalue weighted by molar-refractivity contribution is 5.96. The summed E-state index contributed by atoms with van der Waals surface area (Å²) >= 11 is 0. The lowest BCUT2D eigenvalue weighted by Crippen LogP contribution is -2.43. The second-order valence-electron chi connectivity index (χ2n) is 6.18. The van der Waals surface area contributed by atoms with Gasteiger partial charge in [-0.25, -0.2) is 0 Å². The number of carbonyl (C=O) groups is 2. The Bertz CT molecular complexity index is 746. The lowest BCUT2D eigenvalue weighted by molar-refractivity contribution is -0.121. The second-order valence-corrected chi connectivity index (χ2v) is 6.18. The number of para-hydroxylation sites is 1. The number of rotatable bonds is 4. The van der Waals surface area contributed by atoms with Crippen LogP contribution < -0.4 is 10.1 Å². The number of anilines is 1. The van der Waals surface area contributed by atoms with E-state index in [1.165, 1.54) is 0 Å². The van der Waals surface area contributed by atoms with Gasteiger partial charge in [0.15, 0.2) is 0 Å². The maximum atomic E-state index is 12.7. The number of hydrogen-bond donors (Lipinski definition) is 1. The summed E-state index contributed by atoms with van der Waals surface area (Å²) in [7, 11) is 1.58. The summed E-state index contributed by atoms with van der Waals surface area (Å²) < 4.78 is 5.18. The minimum Gasteiger partial charge on any atom is -0.497 e. The highest BCUT2D eigenvalue weighted by Crippen LogP contribution is 2.22. The van der Waals surface area contributed by atoms with E-state index in [0.717, 1.165) is 18.5 Å². The molecule has 1 aliphatic rings. The molecule has 1 aliphatic heterocycles. The zero-order valence-corrected chi connectivity index (χ0v) is 14.3. The fraction of sp³-hybridized carbons (Fsp3) is 0.300. The molecule has 1 atom stereocenters. The van der Waals surface area contributed by atoms with Crippen LogP contribution in [0.15, 0.2) is 54.6 Å². The Morgan fingerprint density at radius 1 is 1.12 bits per heavy atom. The van der Waals surface area contributed by atoms with Gasteiger partial charge >= 0.3 is 0 Å². The van der Waals surface area contributed by atoms with Gasteiger partial charge < -0.3 is 15.0 Å². The number of methoxy groups -OCH3 is 1. The third-order valence-electron chi connectivity index (χ3n) is 4.44. The van der Waals surface area contributed by atoms with E-state index < -0.39 is 0 Å². The third kappa shape index (κ3) is 4.18. The van der Waals surface area contributed by atoms with Crippen LogP contribution in [-0.2, 0) is 4.79 Å². The van der Waals surface area contributed by atoms with Crippen LogP contribution in [0.3, 0.4) is 0 Å².